The number of nitrogens with zero attached hydrogens (tertiary/aromatic N) is 6. The Morgan fingerprint density at radius 3 is 2.73 bits per heavy atom. The number of rotatable bonds is 4. The summed E-state index contributed by atoms with van der Waals surface area (Å²) in [6.45, 7) is 3.99. The molecule has 0 saturated carbocycles. The molecule has 0 unspecified atom stereocenters. The Labute approximate surface area is 184 Å². The molecule has 0 aliphatic heterocycles. The Hall–Kier alpha value is -2.75. The quantitative estimate of drug-likeness (QED) is 0.373. The predicted molar refractivity (Wildman–Crippen MR) is 120 cm³/mol. The van der Waals surface area contributed by atoms with Gasteiger partial charge in [0.15, 0.2) is 5.16 Å². The summed E-state index contributed by atoms with van der Waals surface area (Å²) in [4.78, 5) is 13.4. The summed E-state index contributed by atoms with van der Waals surface area (Å²) in [6.07, 6.45) is 0. The molecule has 150 valence electrons. The largest absolute Gasteiger partial charge is 0.268 e. The molecule has 0 N–H and O–H groups in total. The van der Waals surface area contributed by atoms with E-state index in [4.69, 9.17) is 11.6 Å². The van der Waals surface area contributed by atoms with Crippen LogP contribution in [0.25, 0.3) is 22.4 Å². The molecule has 0 aliphatic carbocycles. The fourth-order valence-electron chi connectivity index (χ4n) is 3.37. The van der Waals surface area contributed by atoms with Gasteiger partial charge in [0, 0.05) is 17.3 Å². The first-order chi connectivity index (χ1) is 14.5. The summed E-state index contributed by atoms with van der Waals surface area (Å²) >= 11 is 8.75. The van der Waals surface area contributed by atoms with E-state index in [1.807, 2.05) is 60.7 Å². The molecule has 5 rings (SSSR count). The number of thioether (sulfide) groups is 1. The Morgan fingerprint density at radius 1 is 1.10 bits per heavy atom. The highest BCUT2D eigenvalue weighted by molar-refractivity contribution is 7.98. The molecular weight excluding hydrogens is 440 g/mol. The first-order valence-electron chi connectivity index (χ1n) is 9.10. The van der Waals surface area contributed by atoms with Crippen LogP contribution in [0.5, 0.6) is 0 Å². The van der Waals surface area contributed by atoms with Gasteiger partial charge in [0.1, 0.15) is 10.0 Å². The summed E-state index contributed by atoms with van der Waals surface area (Å²) in [5, 5.41) is 14.1. The smallest absolute Gasteiger partial charge is 0.267 e. The van der Waals surface area contributed by atoms with Crippen molar-refractivity contribution in [3.8, 4) is 5.69 Å². The van der Waals surface area contributed by atoms with E-state index < -0.39 is 0 Å². The Bertz CT molecular complexity index is 1470. The topological polar surface area (TPSA) is 78.0 Å². The van der Waals surface area contributed by atoms with Crippen LogP contribution in [0.1, 0.15) is 16.8 Å². The highest BCUT2D eigenvalue weighted by Gasteiger charge is 2.19. The molecule has 0 saturated heterocycles. The Balaban J connectivity index is 1.78. The highest BCUT2D eigenvalue weighted by Crippen LogP contribution is 2.28. The molecule has 0 fully saturated rings. The second-order valence-electron chi connectivity index (χ2n) is 6.85. The van der Waals surface area contributed by atoms with E-state index in [-0.39, 0.29) is 5.56 Å². The zero-order valence-electron chi connectivity index (χ0n) is 16.0. The third kappa shape index (κ3) is 3.10. The number of fused-ring (bicyclic) bond motifs is 3. The molecule has 0 aliphatic rings. The number of para-hydroxylation sites is 1. The van der Waals surface area contributed by atoms with E-state index in [1.54, 1.807) is 4.57 Å². The fraction of sp³-hybridized carbons (Fsp3) is 0.150. The van der Waals surface area contributed by atoms with E-state index in [1.165, 1.54) is 11.8 Å². The number of hydrogen-bond acceptors (Lipinski definition) is 7. The van der Waals surface area contributed by atoms with Gasteiger partial charge in [-0.25, -0.2) is 4.57 Å². The predicted octanol–water partition coefficient (Wildman–Crippen LogP) is 4.45. The number of aryl methyl sites for hydroxylation is 2. The average Bonchev–Trinajstić information content (AvgIpc) is 3.35. The van der Waals surface area contributed by atoms with Crippen LogP contribution in [0.4, 0.5) is 0 Å². The number of hydrogen-bond donors (Lipinski definition) is 0. The first kappa shape index (κ1) is 19.2. The van der Waals surface area contributed by atoms with Gasteiger partial charge in [0.2, 0.25) is 5.78 Å². The van der Waals surface area contributed by atoms with Crippen molar-refractivity contribution in [2.24, 2.45) is 0 Å². The maximum absolute atomic E-state index is 13.4. The van der Waals surface area contributed by atoms with Crippen molar-refractivity contribution < 1.29 is 0 Å². The third-order valence-corrected chi connectivity index (χ3v) is 6.77. The SMILES string of the molecule is Cc1ccc(C)c(-n2c(=O)c3ccccc3n3c(SCc4nnsc4Cl)nnc23)c1. The molecular formula is C20H15ClN6OS2. The van der Waals surface area contributed by atoms with Crippen molar-refractivity contribution in [3.05, 3.63) is 74.0 Å². The number of aromatic nitrogens is 6. The van der Waals surface area contributed by atoms with Crippen molar-refractivity contribution in [2.75, 3.05) is 0 Å². The van der Waals surface area contributed by atoms with Gasteiger partial charge in [0.05, 0.1) is 16.6 Å². The molecule has 10 heteroatoms. The lowest BCUT2D eigenvalue weighted by atomic mass is 10.1. The minimum Gasteiger partial charge on any atom is -0.268 e. The van der Waals surface area contributed by atoms with Crippen molar-refractivity contribution in [1.82, 2.24) is 28.8 Å². The number of benzene rings is 2. The van der Waals surface area contributed by atoms with Crippen molar-refractivity contribution >= 4 is 51.6 Å². The standard InChI is InChI=1S/C20H15ClN6OS2/c1-11-7-8-12(2)16(9-11)26-18(28)13-5-3-4-6-15(13)27-19(26)23-24-20(27)29-10-14-17(21)30-25-22-14/h3-9H,10H2,1-2H3. The molecule has 3 heterocycles. The van der Waals surface area contributed by atoms with E-state index in [0.717, 1.165) is 33.9 Å². The molecule has 0 atom stereocenters. The summed E-state index contributed by atoms with van der Waals surface area (Å²) in [7, 11) is 0. The van der Waals surface area contributed by atoms with E-state index in [2.05, 4.69) is 19.8 Å². The zero-order chi connectivity index (χ0) is 20.8. The molecule has 0 spiro atoms. The van der Waals surface area contributed by atoms with Crippen molar-refractivity contribution in [3.63, 3.8) is 0 Å². The molecule has 5 aromatic rings. The van der Waals surface area contributed by atoms with Crippen LogP contribution in [0.3, 0.4) is 0 Å². The van der Waals surface area contributed by atoms with Gasteiger partial charge in [-0.1, -0.05) is 52.1 Å². The molecule has 7 nitrogen and oxygen atoms in total. The Morgan fingerprint density at radius 2 is 1.93 bits per heavy atom. The fourth-order valence-corrected chi connectivity index (χ4v) is 5.04. The maximum atomic E-state index is 13.4. The van der Waals surface area contributed by atoms with Crippen LogP contribution < -0.4 is 5.56 Å². The summed E-state index contributed by atoms with van der Waals surface area (Å²) < 4.78 is 7.99. The van der Waals surface area contributed by atoms with Crippen LogP contribution in [-0.4, -0.2) is 28.8 Å². The van der Waals surface area contributed by atoms with E-state index in [0.29, 0.717) is 32.1 Å². The molecule has 0 radical (unpaired) electrons. The molecule has 0 amide bonds. The van der Waals surface area contributed by atoms with Gasteiger partial charge in [-0.3, -0.25) is 9.20 Å². The van der Waals surface area contributed by atoms with Crippen LogP contribution >= 0.6 is 34.9 Å². The zero-order valence-corrected chi connectivity index (χ0v) is 18.4. The summed E-state index contributed by atoms with van der Waals surface area (Å²) in [5.74, 6) is 0.977. The lowest BCUT2D eigenvalue weighted by Crippen LogP contribution is -2.22. The molecule has 3 aromatic heterocycles. The van der Waals surface area contributed by atoms with Gasteiger partial charge < -0.3 is 0 Å². The van der Waals surface area contributed by atoms with Crippen LogP contribution in [0.2, 0.25) is 4.34 Å². The lowest BCUT2D eigenvalue weighted by Gasteiger charge is -2.13. The second-order valence-corrected chi connectivity index (χ2v) is 9.15. The maximum Gasteiger partial charge on any atom is 0.267 e. The van der Waals surface area contributed by atoms with E-state index >= 15 is 0 Å². The monoisotopic (exact) mass is 454 g/mol. The third-order valence-electron chi connectivity index (χ3n) is 4.85. The Kier molecular flexibility index (Phi) is 4.80. The van der Waals surface area contributed by atoms with Crippen LogP contribution in [-0.2, 0) is 5.75 Å². The second kappa shape index (κ2) is 7.50. The van der Waals surface area contributed by atoms with Crippen molar-refractivity contribution in [1.29, 1.82) is 0 Å². The van der Waals surface area contributed by atoms with Gasteiger partial charge in [-0.05, 0) is 43.2 Å². The van der Waals surface area contributed by atoms with Gasteiger partial charge in [-0.15, -0.1) is 15.3 Å². The first-order valence-corrected chi connectivity index (χ1v) is 11.2. The summed E-state index contributed by atoms with van der Waals surface area (Å²) in [6, 6.07) is 13.5. The minimum atomic E-state index is -0.123. The minimum absolute atomic E-state index is 0.123. The lowest BCUT2D eigenvalue weighted by molar-refractivity contribution is 0.926. The highest BCUT2D eigenvalue weighted by atomic mass is 35.5. The van der Waals surface area contributed by atoms with Gasteiger partial charge >= 0.3 is 0 Å². The van der Waals surface area contributed by atoms with Crippen molar-refractivity contribution in [2.45, 2.75) is 24.8 Å². The average molecular weight is 455 g/mol. The summed E-state index contributed by atoms with van der Waals surface area (Å²) in [5.41, 5.74) is 4.18. The normalized spacial score (nSPS) is 11.6. The van der Waals surface area contributed by atoms with E-state index in [9.17, 15) is 4.79 Å². The van der Waals surface area contributed by atoms with Crippen LogP contribution in [0.15, 0.2) is 52.4 Å². The van der Waals surface area contributed by atoms with Gasteiger partial charge in [-0.2, -0.15) is 0 Å². The molecule has 0 bridgehead atoms. The van der Waals surface area contributed by atoms with Gasteiger partial charge in [0.25, 0.3) is 5.56 Å². The molecule has 2 aromatic carbocycles. The molecule has 30 heavy (non-hydrogen) atoms. The van der Waals surface area contributed by atoms with Crippen LogP contribution in [0, 0.1) is 13.8 Å². The number of halogens is 1.